The van der Waals surface area contributed by atoms with Crippen LogP contribution in [-0.4, -0.2) is 0 Å². The van der Waals surface area contributed by atoms with Crippen LogP contribution in [0.1, 0.15) is 48.4 Å². The van der Waals surface area contributed by atoms with Gasteiger partial charge in [0.1, 0.15) is 0 Å². The van der Waals surface area contributed by atoms with Crippen LogP contribution in [0, 0.1) is 17.8 Å². The van der Waals surface area contributed by atoms with Crippen molar-refractivity contribution in [3.05, 3.63) is 34.9 Å². The van der Waals surface area contributed by atoms with Gasteiger partial charge < -0.3 is 5.73 Å². The Balaban J connectivity index is 1.57. The molecule has 1 heteroatoms. The van der Waals surface area contributed by atoms with Crippen LogP contribution >= 0.6 is 0 Å². The molecular weight excluding hydrogens is 206 g/mol. The highest BCUT2D eigenvalue weighted by Crippen LogP contribution is 2.56. The van der Waals surface area contributed by atoms with E-state index in [4.69, 9.17) is 5.73 Å². The van der Waals surface area contributed by atoms with Gasteiger partial charge in [0.2, 0.25) is 0 Å². The van der Waals surface area contributed by atoms with Gasteiger partial charge in [-0.3, -0.25) is 0 Å². The lowest BCUT2D eigenvalue weighted by atomic mass is 9.88. The topological polar surface area (TPSA) is 26.0 Å². The van der Waals surface area contributed by atoms with Crippen molar-refractivity contribution in [2.75, 3.05) is 0 Å². The van der Waals surface area contributed by atoms with E-state index >= 15 is 0 Å². The Bertz CT molecular complexity index is 441. The Hall–Kier alpha value is -0.820. The van der Waals surface area contributed by atoms with E-state index in [9.17, 15) is 0 Å². The predicted octanol–water partition coefficient (Wildman–Crippen LogP) is 3.22. The number of benzene rings is 1. The summed E-state index contributed by atoms with van der Waals surface area (Å²) in [5.74, 6) is 2.85. The molecule has 0 aliphatic heterocycles. The van der Waals surface area contributed by atoms with Crippen molar-refractivity contribution in [2.24, 2.45) is 23.5 Å². The van der Waals surface area contributed by atoms with Crippen molar-refractivity contribution in [3.63, 3.8) is 0 Å². The van der Waals surface area contributed by atoms with E-state index in [1.54, 1.807) is 11.1 Å². The van der Waals surface area contributed by atoms with Gasteiger partial charge in [-0.05, 0) is 73.0 Å². The zero-order chi connectivity index (χ0) is 11.4. The van der Waals surface area contributed by atoms with Crippen LogP contribution in [0.5, 0.6) is 0 Å². The molecule has 3 atom stereocenters. The molecule has 0 spiro atoms. The lowest BCUT2D eigenvalue weighted by molar-refractivity contribution is 0.404. The summed E-state index contributed by atoms with van der Waals surface area (Å²) in [5, 5.41) is 0. The Labute approximate surface area is 103 Å². The van der Waals surface area contributed by atoms with Gasteiger partial charge in [-0.25, -0.2) is 0 Å². The minimum absolute atomic E-state index is 0.300. The van der Waals surface area contributed by atoms with E-state index in [1.165, 1.54) is 44.1 Å². The molecule has 3 aliphatic carbocycles. The van der Waals surface area contributed by atoms with Gasteiger partial charge in [-0.1, -0.05) is 18.2 Å². The molecule has 17 heavy (non-hydrogen) atoms. The summed E-state index contributed by atoms with van der Waals surface area (Å²) in [5.41, 5.74) is 11.0. The molecule has 1 aromatic carbocycles. The van der Waals surface area contributed by atoms with Crippen LogP contribution in [-0.2, 0) is 12.8 Å². The zero-order valence-corrected chi connectivity index (χ0v) is 10.4. The van der Waals surface area contributed by atoms with E-state index in [2.05, 4.69) is 18.2 Å². The molecule has 3 unspecified atom stereocenters. The molecule has 2 saturated carbocycles. The second-order valence-electron chi connectivity index (χ2n) is 6.39. The molecule has 2 N–H and O–H groups in total. The maximum absolute atomic E-state index is 6.48. The highest BCUT2D eigenvalue weighted by Gasteiger charge is 2.47. The van der Waals surface area contributed by atoms with Crippen molar-refractivity contribution in [3.8, 4) is 0 Å². The molecule has 1 nitrogen and oxygen atoms in total. The first kappa shape index (κ1) is 10.1. The Morgan fingerprint density at radius 1 is 1.00 bits per heavy atom. The van der Waals surface area contributed by atoms with E-state index in [0.29, 0.717) is 6.04 Å². The summed E-state index contributed by atoms with van der Waals surface area (Å²) in [6, 6.07) is 7.32. The molecule has 0 radical (unpaired) electrons. The minimum Gasteiger partial charge on any atom is -0.324 e. The van der Waals surface area contributed by atoms with Crippen LogP contribution in [0.15, 0.2) is 18.2 Å². The quantitative estimate of drug-likeness (QED) is 0.825. The molecule has 0 heterocycles. The molecule has 3 aliphatic rings. The van der Waals surface area contributed by atoms with Gasteiger partial charge in [0.05, 0.1) is 0 Å². The Morgan fingerprint density at radius 3 is 2.59 bits per heavy atom. The number of hydrogen-bond acceptors (Lipinski definition) is 1. The first-order chi connectivity index (χ1) is 8.31. The van der Waals surface area contributed by atoms with Crippen molar-refractivity contribution in [1.29, 1.82) is 0 Å². The average molecular weight is 227 g/mol. The first-order valence-electron chi connectivity index (χ1n) is 7.18. The summed E-state index contributed by atoms with van der Waals surface area (Å²) in [4.78, 5) is 0. The van der Waals surface area contributed by atoms with E-state index < -0.39 is 0 Å². The molecule has 1 aromatic rings. The van der Waals surface area contributed by atoms with Gasteiger partial charge in [-0.2, -0.15) is 0 Å². The monoisotopic (exact) mass is 227 g/mol. The average Bonchev–Trinajstić information content (AvgIpc) is 2.82. The highest BCUT2D eigenvalue weighted by molar-refractivity contribution is 5.36. The molecule has 0 amide bonds. The van der Waals surface area contributed by atoms with Crippen LogP contribution in [0.3, 0.4) is 0 Å². The minimum atomic E-state index is 0.300. The fourth-order valence-corrected chi connectivity index (χ4v) is 4.13. The Kier molecular flexibility index (Phi) is 2.14. The number of fused-ring (bicyclic) bond motifs is 2. The number of nitrogens with two attached hydrogens (primary N) is 1. The zero-order valence-electron chi connectivity index (χ0n) is 10.4. The molecular formula is C16H21N. The van der Waals surface area contributed by atoms with Crippen molar-refractivity contribution >= 4 is 0 Å². The fourth-order valence-electron chi connectivity index (χ4n) is 4.13. The highest BCUT2D eigenvalue weighted by atomic mass is 14.7. The lowest BCUT2D eigenvalue weighted by Gasteiger charge is -2.21. The van der Waals surface area contributed by atoms with Gasteiger partial charge in [0.15, 0.2) is 0 Å². The summed E-state index contributed by atoms with van der Waals surface area (Å²) in [6.07, 6.45) is 8.16. The largest absolute Gasteiger partial charge is 0.324 e. The summed E-state index contributed by atoms with van der Waals surface area (Å²) >= 11 is 0. The van der Waals surface area contributed by atoms with Crippen LogP contribution in [0.25, 0.3) is 0 Å². The summed E-state index contributed by atoms with van der Waals surface area (Å²) in [6.45, 7) is 0. The van der Waals surface area contributed by atoms with Crippen LogP contribution < -0.4 is 5.73 Å². The number of hydrogen-bond donors (Lipinski definition) is 1. The van der Waals surface area contributed by atoms with Gasteiger partial charge in [0, 0.05) is 6.04 Å². The number of aryl methyl sites for hydroxylation is 2. The van der Waals surface area contributed by atoms with Crippen molar-refractivity contribution in [1.82, 2.24) is 0 Å². The normalized spacial score (nSPS) is 35.5. The smallest absolute Gasteiger partial charge is 0.0323 e. The van der Waals surface area contributed by atoms with Crippen molar-refractivity contribution in [2.45, 2.75) is 44.6 Å². The molecule has 2 fully saturated rings. The lowest BCUT2D eigenvalue weighted by Crippen LogP contribution is -2.20. The number of rotatable bonds is 2. The van der Waals surface area contributed by atoms with Crippen molar-refractivity contribution < 1.29 is 0 Å². The maximum Gasteiger partial charge on any atom is 0.0323 e. The maximum atomic E-state index is 6.48. The molecule has 0 bridgehead atoms. The van der Waals surface area contributed by atoms with E-state index in [0.717, 1.165) is 17.8 Å². The molecule has 4 rings (SSSR count). The third kappa shape index (κ3) is 1.63. The molecule has 0 aromatic heterocycles. The van der Waals surface area contributed by atoms with Crippen LogP contribution in [0.2, 0.25) is 0 Å². The van der Waals surface area contributed by atoms with Gasteiger partial charge in [-0.15, -0.1) is 0 Å². The predicted molar refractivity (Wildman–Crippen MR) is 69.7 cm³/mol. The van der Waals surface area contributed by atoms with Crippen LogP contribution in [0.4, 0.5) is 0 Å². The van der Waals surface area contributed by atoms with E-state index in [1.807, 2.05) is 0 Å². The standard InChI is InChI=1S/C16H21N/c17-16(15-8-13-7-14(13)9-15)12-5-4-10-2-1-3-11(10)6-12/h4-6,13-16H,1-3,7-9,17H2. The summed E-state index contributed by atoms with van der Waals surface area (Å²) < 4.78 is 0. The second kappa shape index (κ2) is 3.58. The van der Waals surface area contributed by atoms with Gasteiger partial charge in [0.25, 0.3) is 0 Å². The third-order valence-electron chi connectivity index (χ3n) is 5.30. The first-order valence-corrected chi connectivity index (χ1v) is 7.18. The fraction of sp³-hybridized carbons (Fsp3) is 0.625. The van der Waals surface area contributed by atoms with Gasteiger partial charge >= 0.3 is 0 Å². The SMILES string of the molecule is NC(c1ccc2c(c1)CCC2)C1CC2CC2C1. The second-order valence-corrected chi connectivity index (χ2v) is 6.39. The summed E-state index contributed by atoms with van der Waals surface area (Å²) in [7, 11) is 0. The molecule has 0 saturated heterocycles. The van der Waals surface area contributed by atoms with E-state index in [-0.39, 0.29) is 0 Å². The molecule has 90 valence electrons. The third-order valence-corrected chi connectivity index (χ3v) is 5.30. The Morgan fingerprint density at radius 2 is 1.76 bits per heavy atom.